The Bertz CT molecular complexity index is 698. The van der Waals surface area contributed by atoms with Gasteiger partial charge >= 0.3 is 0 Å². The van der Waals surface area contributed by atoms with Crippen molar-refractivity contribution in [2.45, 2.75) is 32.3 Å². The Balaban J connectivity index is 1.92. The standard InChI is InChI=1S/C19H28N6O/c1-15-11-16(5-4-8-25(22)9-7-20)12-24-19(15)18(21)14-23-13-17-6-2-3-10-26-17/h7,9,11-12,14,17,23H,2-3,6,8,10,13,20-22H2,1H3/b9-7-,18-14-. The van der Waals surface area contributed by atoms with E-state index in [1.807, 2.05) is 13.0 Å². The molecule has 2 heterocycles. The van der Waals surface area contributed by atoms with E-state index in [0.29, 0.717) is 12.2 Å². The van der Waals surface area contributed by atoms with Crippen LogP contribution in [-0.2, 0) is 4.74 Å². The van der Waals surface area contributed by atoms with Gasteiger partial charge in [-0.1, -0.05) is 11.8 Å². The van der Waals surface area contributed by atoms with Crippen molar-refractivity contribution < 1.29 is 4.74 Å². The number of ether oxygens (including phenoxy) is 1. The van der Waals surface area contributed by atoms with Gasteiger partial charge < -0.3 is 26.5 Å². The van der Waals surface area contributed by atoms with Crippen molar-refractivity contribution >= 4 is 5.70 Å². The third-order valence-corrected chi connectivity index (χ3v) is 4.00. The minimum absolute atomic E-state index is 0.260. The first-order valence-corrected chi connectivity index (χ1v) is 8.76. The predicted octanol–water partition coefficient (Wildman–Crippen LogP) is 0.763. The molecule has 2 rings (SSSR count). The first-order valence-electron chi connectivity index (χ1n) is 8.76. The minimum atomic E-state index is 0.260. The van der Waals surface area contributed by atoms with Crippen LogP contribution < -0.4 is 22.6 Å². The molecule has 26 heavy (non-hydrogen) atoms. The van der Waals surface area contributed by atoms with Crippen LogP contribution in [0.3, 0.4) is 0 Å². The molecular weight excluding hydrogens is 328 g/mol. The predicted molar refractivity (Wildman–Crippen MR) is 104 cm³/mol. The van der Waals surface area contributed by atoms with Gasteiger partial charge in [-0.05, 0) is 37.8 Å². The fourth-order valence-corrected chi connectivity index (χ4v) is 2.68. The highest BCUT2D eigenvalue weighted by Gasteiger charge is 2.12. The van der Waals surface area contributed by atoms with Gasteiger partial charge in [-0.15, -0.1) is 0 Å². The lowest BCUT2D eigenvalue weighted by atomic mass is 10.1. The van der Waals surface area contributed by atoms with Gasteiger partial charge in [-0.2, -0.15) is 0 Å². The quantitative estimate of drug-likeness (QED) is 0.338. The lowest BCUT2D eigenvalue weighted by Gasteiger charge is -2.22. The molecule has 0 bridgehead atoms. The zero-order valence-electron chi connectivity index (χ0n) is 15.2. The molecular formula is C19H28N6O. The molecule has 0 amide bonds. The molecule has 0 radical (unpaired) electrons. The van der Waals surface area contributed by atoms with Gasteiger partial charge in [0.25, 0.3) is 0 Å². The molecule has 1 saturated heterocycles. The van der Waals surface area contributed by atoms with Crippen LogP contribution in [0.2, 0.25) is 0 Å². The van der Waals surface area contributed by atoms with E-state index in [1.165, 1.54) is 17.6 Å². The number of aromatic nitrogens is 1. The lowest BCUT2D eigenvalue weighted by Crippen LogP contribution is -2.29. The highest BCUT2D eigenvalue weighted by Crippen LogP contribution is 2.14. The minimum Gasteiger partial charge on any atom is -0.403 e. The van der Waals surface area contributed by atoms with Crippen LogP contribution in [0.1, 0.15) is 36.1 Å². The van der Waals surface area contributed by atoms with Gasteiger partial charge in [-0.25, -0.2) is 5.84 Å². The maximum atomic E-state index is 6.15. The van der Waals surface area contributed by atoms with E-state index in [1.54, 1.807) is 18.6 Å². The molecule has 1 aromatic heterocycles. The fraction of sp³-hybridized carbons (Fsp3) is 0.421. The van der Waals surface area contributed by atoms with E-state index in [-0.39, 0.29) is 6.10 Å². The zero-order chi connectivity index (χ0) is 18.8. The molecule has 140 valence electrons. The first kappa shape index (κ1) is 19.6. The third-order valence-electron chi connectivity index (χ3n) is 4.00. The summed E-state index contributed by atoms with van der Waals surface area (Å²) in [7, 11) is 0. The number of hydrazine groups is 1. The molecule has 1 fully saturated rings. The van der Waals surface area contributed by atoms with Crippen molar-refractivity contribution in [1.29, 1.82) is 0 Å². The van der Waals surface area contributed by atoms with Crippen LogP contribution in [0.15, 0.2) is 30.9 Å². The van der Waals surface area contributed by atoms with Crippen LogP contribution in [0.4, 0.5) is 0 Å². The van der Waals surface area contributed by atoms with E-state index in [2.05, 4.69) is 22.1 Å². The van der Waals surface area contributed by atoms with Crippen molar-refractivity contribution in [3.05, 3.63) is 47.7 Å². The summed E-state index contributed by atoms with van der Waals surface area (Å²) in [5, 5.41) is 4.64. The summed E-state index contributed by atoms with van der Waals surface area (Å²) in [6, 6.07) is 1.96. The maximum Gasteiger partial charge on any atom is 0.0947 e. The maximum absolute atomic E-state index is 6.15. The number of nitrogens with zero attached hydrogens (tertiary/aromatic N) is 2. The van der Waals surface area contributed by atoms with Crippen molar-refractivity contribution in [3.63, 3.8) is 0 Å². The van der Waals surface area contributed by atoms with Gasteiger partial charge in [0.05, 0.1) is 24.0 Å². The largest absolute Gasteiger partial charge is 0.403 e. The van der Waals surface area contributed by atoms with Crippen molar-refractivity contribution in [1.82, 2.24) is 15.3 Å². The molecule has 0 aromatic carbocycles. The number of nitrogens with two attached hydrogens (primary N) is 3. The van der Waals surface area contributed by atoms with Crippen LogP contribution in [0.25, 0.3) is 5.70 Å². The summed E-state index contributed by atoms with van der Waals surface area (Å²) in [5.41, 5.74) is 14.5. The van der Waals surface area contributed by atoms with Crippen LogP contribution in [0.5, 0.6) is 0 Å². The monoisotopic (exact) mass is 356 g/mol. The topological polar surface area (TPSA) is 115 Å². The highest BCUT2D eigenvalue weighted by atomic mass is 16.5. The Morgan fingerprint density at radius 3 is 3.04 bits per heavy atom. The second kappa shape index (κ2) is 10.3. The Morgan fingerprint density at radius 1 is 1.50 bits per heavy atom. The van der Waals surface area contributed by atoms with Crippen molar-refractivity contribution in [2.75, 3.05) is 19.7 Å². The summed E-state index contributed by atoms with van der Waals surface area (Å²) in [4.78, 5) is 4.43. The van der Waals surface area contributed by atoms with Crippen LogP contribution in [-0.4, -0.2) is 35.8 Å². The molecule has 0 spiro atoms. The van der Waals surface area contributed by atoms with E-state index < -0.39 is 0 Å². The van der Waals surface area contributed by atoms with Gasteiger partial charge in [0.2, 0.25) is 0 Å². The number of hydrogen-bond donors (Lipinski definition) is 4. The van der Waals surface area contributed by atoms with E-state index >= 15 is 0 Å². The van der Waals surface area contributed by atoms with Gasteiger partial charge in [0, 0.05) is 43.5 Å². The van der Waals surface area contributed by atoms with Crippen molar-refractivity contribution in [3.8, 4) is 11.8 Å². The molecule has 1 aliphatic heterocycles. The average Bonchev–Trinajstić information content (AvgIpc) is 2.63. The molecule has 0 aliphatic carbocycles. The van der Waals surface area contributed by atoms with Gasteiger partial charge in [0.15, 0.2) is 0 Å². The van der Waals surface area contributed by atoms with Crippen LogP contribution >= 0.6 is 0 Å². The third kappa shape index (κ3) is 6.31. The molecule has 7 heteroatoms. The Hall–Kier alpha value is -2.69. The summed E-state index contributed by atoms with van der Waals surface area (Å²) in [5.74, 6) is 11.6. The Morgan fingerprint density at radius 2 is 2.35 bits per heavy atom. The average molecular weight is 356 g/mol. The summed E-state index contributed by atoms with van der Waals surface area (Å²) in [6.45, 7) is 3.95. The van der Waals surface area contributed by atoms with Gasteiger partial charge in [0.1, 0.15) is 0 Å². The Labute approximate surface area is 155 Å². The fourth-order valence-electron chi connectivity index (χ4n) is 2.68. The second-order valence-electron chi connectivity index (χ2n) is 6.20. The summed E-state index contributed by atoms with van der Waals surface area (Å²) in [6.07, 6.45) is 10.1. The summed E-state index contributed by atoms with van der Waals surface area (Å²) >= 11 is 0. The molecule has 1 aromatic rings. The number of rotatable bonds is 6. The molecule has 7 N–H and O–H groups in total. The highest BCUT2D eigenvalue weighted by molar-refractivity contribution is 5.62. The van der Waals surface area contributed by atoms with Crippen molar-refractivity contribution in [2.24, 2.45) is 17.3 Å². The molecule has 1 aliphatic rings. The molecule has 7 nitrogen and oxygen atoms in total. The second-order valence-corrected chi connectivity index (χ2v) is 6.20. The number of pyridine rings is 1. The Kier molecular flexibility index (Phi) is 7.80. The summed E-state index contributed by atoms with van der Waals surface area (Å²) < 4.78 is 5.69. The van der Waals surface area contributed by atoms with Gasteiger partial charge in [-0.3, -0.25) is 4.98 Å². The normalized spacial score (nSPS) is 17.6. The molecule has 0 saturated carbocycles. The number of hydrogen-bond acceptors (Lipinski definition) is 7. The lowest BCUT2D eigenvalue weighted by molar-refractivity contribution is 0.0188. The first-order chi connectivity index (χ1) is 12.6. The SMILES string of the molecule is Cc1cc(C#CCN(N)/C=C\N)cnc1/C(N)=C/NCC1CCCCO1. The molecule has 1 unspecified atom stereocenters. The van der Waals surface area contributed by atoms with E-state index in [4.69, 9.17) is 22.0 Å². The number of nitrogens with one attached hydrogen (secondary N) is 1. The smallest absolute Gasteiger partial charge is 0.0947 e. The molecule has 1 atom stereocenters. The number of aryl methyl sites for hydroxylation is 1. The van der Waals surface area contributed by atoms with E-state index in [9.17, 15) is 0 Å². The van der Waals surface area contributed by atoms with Crippen LogP contribution in [0, 0.1) is 18.8 Å². The zero-order valence-corrected chi connectivity index (χ0v) is 15.2. The van der Waals surface area contributed by atoms with E-state index in [0.717, 1.165) is 42.8 Å².